The van der Waals surface area contributed by atoms with Crippen molar-refractivity contribution in [1.82, 2.24) is 0 Å². The first-order chi connectivity index (χ1) is 9.18. The summed E-state index contributed by atoms with van der Waals surface area (Å²) in [6.07, 6.45) is -12.3. The third-order valence-electron chi connectivity index (χ3n) is 2.92. The van der Waals surface area contributed by atoms with Crippen LogP contribution >= 0.6 is 0 Å². The molecule has 0 aliphatic heterocycles. The average molecular weight is 302 g/mol. The van der Waals surface area contributed by atoms with Crippen molar-refractivity contribution >= 4 is 0 Å². The third kappa shape index (κ3) is 4.86. The summed E-state index contributed by atoms with van der Waals surface area (Å²) in [6.45, 7) is -1.05. The summed E-state index contributed by atoms with van der Waals surface area (Å²) in [4.78, 5) is 0. The van der Waals surface area contributed by atoms with Crippen molar-refractivity contribution in [3.05, 3.63) is 0 Å². The molecule has 1 saturated carbocycles. The van der Waals surface area contributed by atoms with Gasteiger partial charge in [0.2, 0.25) is 0 Å². The molecule has 0 heterocycles. The zero-order chi connectivity index (χ0) is 16.0. The van der Waals surface area contributed by atoms with Crippen molar-refractivity contribution in [2.24, 2.45) is 0 Å². The minimum atomic E-state index is -1.64. The molecule has 20 heavy (non-hydrogen) atoms. The molecule has 0 bridgehead atoms. The van der Waals surface area contributed by atoms with E-state index in [2.05, 4.69) is 0 Å². The molecule has 1 rings (SSSR count). The van der Waals surface area contributed by atoms with E-state index in [1.54, 1.807) is 0 Å². The van der Waals surface area contributed by atoms with E-state index in [-0.39, 0.29) is 0 Å². The predicted octanol–water partition coefficient (Wildman–Crippen LogP) is -6.14. The highest BCUT2D eigenvalue weighted by molar-refractivity contribution is 4.98. The van der Waals surface area contributed by atoms with E-state index in [0.29, 0.717) is 0 Å². The van der Waals surface area contributed by atoms with Gasteiger partial charge in [-0.25, -0.2) is 0 Å². The molecule has 10 N–H and O–H groups in total. The summed E-state index contributed by atoms with van der Waals surface area (Å²) in [6, 6.07) is 0. The van der Waals surface area contributed by atoms with Crippen LogP contribution in [0.25, 0.3) is 0 Å². The van der Waals surface area contributed by atoms with Gasteiger partial charge in [0.15, 0.2) is 0 Å². The van der Waals surface area contributed by atoms with Crippen LogP contribution in [0.2, 0.25) is 0 Å². The Hall–Kier alpha value is -0.400. The highest BCUT2D eigenvalue weighted by Crippen LogP contribution is 2.20. The van der Waals surface area contributed by atoms with Crippen LogP contribution in [0.1, 0.15) is 0 Å². The summed E-state index contributed by atoms with van der Waals surface area (Å²) in [7, 11) is 0. The summed E-state index contributed by atoms with van der Waals surface area (Å²) in [5, 5.41) is 87.0. The number of hydrogen-bond acceptors (Lipinski definition) is 10. The second-order valence-corrected chi connectivity index (χ2v) is 4.44. The normalized spacial score (nSPS) is 40.5. The molecule has 2 unspecified atom stereocenters. The van der Waals surface area contributed by atoms with Crippen LogP contribution in [-0.4, -0.2) is 113 Å². The highest BCUT2D eigenvalue weighted by atomic mass is 16.4. The van der Waals surface area contributed by atoms with Gasteiger partial charge in [0.05, 0.1) is 13.2 Å². The first-order valence-electron chi connectivity index (χ1n) is 5.85. The third-order valence-corrected chi connectivity index (χ3v) is 2.92. The van der Waals surface area contributed by atoms with E-state index < -0.39 is 62.0 Å². The van der Waals surface area contributed by atoms with Crippen molar-refractivity contribution in [1.29, 1.82) is 0 Å². The SMILES string of the molecule is OCC(O)C(O)CO.O[C@H]1[C@H](O)[C@@H](O)[C@H](O)[C@@H](O)[C@H]1O. The van der Waals surface area contributed by atoms with Gasteiger partial charge in [-0.15, -0.1) is 0 Å². The first-order valence-corrected chi connectivity index (χ1v) is 5.85. The fraction of sp³-hybridized carbons (Fsp3) is 1.00. The zero-order valence-corrected chi connectivity index (χ0v) is 10.5. The smallest absolute Gasteiger partial charge is 0.111 e. The van der Waals surface area contributed by atoms with E-state index >= 15 is 0 Å². The molecular weight excluding hydrogens is 280 g/mol. The molecule has 10 nitrogen and oxygen atoms in total. The number of hydrogen-bond donors (Lipinski definition) is 10. The van der Waals surface area contributed by atoms with Crippen molar-refractivity contribution < 1.29 is 51.1 Å². The van der Waals surface area contributed by atoms with Crippen molar-refractivity contribution in [2.45, 2.75) is 48.8 Å². The Morgan fingerprint density at radius 1 is 0.500 bits per heavy atom. The largest absolute Gasteiger partial charge is 0.394 e. The van der Waals surface area contributed by atoms with Crippen LogP contribution < -0.4 is 0 Å². The minimum absolute atomic E-state index is 0.526. The highest BCUT2D eigenvalue weighted by Gasteiger charge is 2.47. The monoisotopic (exact) mass is 302 g/mol. The topological polar surface area (TPSA) is 202 Å². The standard InChI is InChI=1S/C6H12O6.C4H10O4/c7-1-2(8)4(10)6(12)5(11)3(1)9;5-1-3(7)4(8)2-6/h1-12H;3-8H,1-2H2/t1-,2-,3-,4+,5-,6-;. The van der Waals surface area contributed by atoms with Crippen LogP contribution in [0, 0.1) is 0 Å². The minimum Gasteiger partial charge on any atom is -0.394 e. The van der Waals surface area contributed by atoms with E-state index in [1.807, 2.05) is 0 Å². The summed E-state index contributed by atoms with van der Waals surface area (Å²) in [5.74, 6) is 0. The molecule has 0 radical (unpaired) electrons. The van der Waals surface area contributed by atoms with Crippen LogP contribution in [0.15, 0.2) is 0 Å². The number of rotatable bonds is 3. The predicted molar refractivity (Wildman–Crippen MR) is 62.2 cm³/mol. The Kier molecular flexibility index (Phi) is 8.62. The maximum absolute atomic E-state index is 8.97. The number of aliphatic hydroxyl groups excluding tert-OH is 10. The van der Waals surface area contributed by atoms with E-state index in [9.17, 15) is 0 Å². The van der Waals surface area contributed by atoms with Gasteiger partial charge in [0.1, 0.15) is 48.8 Å². The van der Waals surface area contributed by atoms with Crippen LogP contribution in [-0.2, 0) is 0 Å². The molecule has 1 fully saturated rings. The molecule has 0 amide bonds. The van der Waals surface area contributed by atoms with E-state index in [4.69, 9.17) is 51.1 Å². The molecule has 0 aromatic heterocycles. The molecule has 0 aromatic carbocycles. The van der Waals surface area contributed by atoms with Crippen LogP contribution in [0.3, 0.4) is 0 Å². The molecule has 0 spiro atoms. The van der Waals surface area contributed by atoms with E-state index in [0.717, 1.165) is 0 Å². The Bertz CT molecular complexity index is 198. The maximum atomic E-state index is 8.97. The van der Waals surface area contributed by atoms with E-state index in [1.165, 1.54) is 0 Å². The fourth-order valence-corrected chi connectivity index (χ4v) is 1.46. The van der Waals surface area contributed by atoms with Crippen LogP contribution in [0.4, 0.5) is 0 Å². The second kappa shape index (κ2) is 8.79. The average Bonchev–Trinajstić information content (AvgIpc) is 2.47. The summed E-state index contributed by atoms with van der Waals surface area (Å²) < 4.78 is 0. The van der Waals surface area contributed by atoms with Gasteiger partial charge < -0.3 is 51.1 Å². The molecule has 1 aliphatic rings. The molecule has 10 heteroatoms. The van der Waals surface area contributed by atoms with Gasteiger partial charge in [-0.2, -0.15) is 0 Å². The quantitative estimate of drug-likeness (QED) is 0.239. The molecule has 0 aromatic rings. The van der Waals surface area contributed by atoms with Gasteiger partial charge in [0, 0.05) is 0 Å². The maximum Gasteiger partial charge on any atom is 0.111 e. The molecule has 122 valence electrons. The van der Waals surface area contributed by atoms with Crippen LogP contribution in [0.5, 0.6) is 0 Å². The molecule has 0 saturated heterocycles. The lowest BCUT2D eigenvalue weighted by atomic mass is 9.85. The lowest BCUT2D eigenvalue weighted by Crippen LogP contribution is -2.63. The lowest BCUT2D eigenvalue weighted by molar-refractivity contribution is -0.223. The Morgan fingerprint density at radius 2 is 0.650 bits per heavy atom. The van der Waals surface area contributed by atoms with Gasteiger partial charge >= 0.3 is 0 Å². The summed E-state index contributed by atoms with van der Waals surface area (Å²) in [5.41, 5.74) is 0. The van der Waals surface area contributed by atoms with Crippen molar-refractivity contribution in [3.8, 4) is 0 Å². The van der Waals surface area contributed by atoms with Crippen molar-refractivity contribution in [3.63, 3.8) is 0 Å². The van der Waals surface area contributed by atoms with Crippen molar-refractivity contribution in [2.75, 3.05) is 13.2 Å². The van der Waals surface area contributed by atoms with Gasteiger partial charge in [0.25, 0.3) is 0 Å². The Balaban J connectivity index is 0.000000396. The Morgan fingerprint density at radius 3 is 0.750 bits per heavy atom. The van der Waals surface area contributed by atoms with Gasteiger partial charge in [-0.1, -0.05) is 0 Å². The molecule has 2 atom stereocenters. The molecule has 1 aliphatic carbocycles. The zero-order valence-electron chi connectivity index (χ0n) is 10.5. The summed E-state index contributed by atoms with van der Waals surface area (Å²) >= 11 is 0. The Labute approximate surface area is 114 Å². The first kappa shape index (κ1) is 19.6. The van der Waals surface area contributed by atoms with Gasteiger partial charge in [-0.05, 0) is 0 Å². The van der Waals surface area contributed by atoms with Gasteiger partial charge in [-0.3, -0.25) is 0 Å². The fourth-order valence-electron chi connectivity index (χ4n) is 1.46. The lowest BCUT2D eigenvalue weighted by Gasteiger charge is -2.39. The second-order valence-electron chi connectivity index (χ2n) is 4.44. The number of aliphatic hydroxyl groups is 10. The molecular formula is C10H22O10.